The highest BCUT2D eigenvalue weighted by atomic mass is 16.5. The Kier molecular flexibility index (Phi) is 6.04. The van der Waals surface area contributed by atoms with Crippen LogP contribution in [0.2, 0.25) is 0 Å². The van der Waals surface area contributed by atoms with Gasteiger partial charge in [0.1, 0.15) is 24.7 Å². The van der Waals surface area contributed by atoms with Gasteiger partial charge in [-0.05, 0) is 48.5 Å². The largest absolute Gasteiger partial charge is 0.487 e. The van der Waals surface area contributed by atoms with Crippen LogP contribution < -0.4 is 15.2 Å². The molecule has 0 saturated carbocycles. The first-order chi connectivity index (χ1) is 14.1. The fraction of sp³-hybridized carbons (Fsp3) is 0.0909. The molecule has 0 aliphatic rings. The summed E-state index contributed by atoms with van der Waals surface area (Å²) in [5.74, 6) is 0.406. The molecule has 0 aliphatic carbocycles. The average molecular weight is 384 g/mol. The molecule has 29 heavy (non-hydrogen) atoms. The van der Waals surface area contributed by atoms with E-state index in [1.165, 1.54) is 0 Å². The molecule has 1 heterocycles. The number of benzene rings is 2. The van der Waals surface area contributed by atoms with Gasteiger partial charge in [-0.15, -0.1) is 0 Å². The molecule has 0 saturated heterocycles. The Hall–Kier alpha value is -4.36. The summed E-state index contributed by atoms with van der Waals surface area (Å²) in [4.78, 5) is 16.1. The van der Waals surface area contributed by atoms with Crippen molar-refractivity contribution >= 4 is 5.91 Å². The maximum atomic E-state index is 11.7. The molecule has 142 valence electrons. The van der Waals surface area contributed by atoms with Crippen LogP contribution in [0.1, 0.15) is 32.9 Å². The minimum atomic E-state index is -0.615. The van der Waals surface area contributed by atoms with E-state index in [0.29, 0.717) is 34.0 Å². The quantitative estimate of drug-likeness (QED) is 0.668. The number of ether oxygens (including phenoxy) is 2. The van der Waals surface area contributed by atoms with Gasteiger partial charge < -0.3 is 15.2 Å². The molecule has 1 amide bonds. The second-order valence-corrected chi connectivity index (χ2v) is 6.02. The monoisotopic (exact) mass is 384 g/mol. The number of carbonyl (C=O) groups is 1. The Morgan fingerprint density at radius 3 is 2.03 bits per heavy atom. The third-order valence-electron chi connectivity index (χ3n) is 3.99. The lowest BCUT2D eigenvalue weighted by Gasteiger charge is -2.11. The number of rotatable bonds is 7. The summed E-state index contributed by atoms with van der Waals surface area (Å²) in [5.41, 5.74) is 7.58. The first kappa shape index (κ1) is 19.4. The lowest BCUT2D eigenvalue weighted by molar-refractivity contribution is 0.0997. The summed E-state index contributed by atoms with van der Waals surface area (Å²) >= 11 is 0. The van der Waals surface area contributed by atoms with Crippen molar-refractivity contribution in [3.63, 3.8) is 0 Å². The normalized spacial score (nSPS) is 9.86. The zero-order valence-electron chi connectivity index (χ0n) is 15.3. The number of nitrogens with zero attached hydrogens (tertiary/aromatic N) is 3. The van der Waals surface area contributed by atoms with E-state index in [1.807, 2.05) is 6.07 Å². The molecule has 0 unspecified atom stereocenters. The van der Waals surface area contributed by atoms with Crippen LogP contribution in [0.5, 0.6) is 11.5 Å². The summed E-state index contributed by atoms with van der Waals surface area (Å²) in [7, 11) is 0. The lowest BCUT2D eigenvalue weighted by atomic mass is 10.1. The summed E-state index contributed by atoms with van der Waals surface area (Å²) in [6.07, 6.45) is 0. The fourth-order valence-corrected chi connectivity index (χ4v) is 2.58. The van der Waals surface area contributed by atoms with E-state index in [9.17, 15) is 4.79 Å². The summed E-state index contributed by atoms with van der Waals surface area (Å²) in [6, 6.07) is 20.8. The smallest absolute Gasteiger partial charge is 0.250 e. The Morgan fingerprint density at radius 1 is 0.897 bits per heavy atom. The number of primary amides is 1. The SMILES string of the molecule is N#Cc1cccc(OCc2ccc(C(N)=O)c(COc3cccc(C#N)c3)n2)c1. The molecule has 0 aliphatic heterocycles. The Labute approximate surface area is 167 Å². The highest BCUT2D eigenvalue weighted by Crippen LogP contribution is 2.18. The molecular weight excluding hydrogens is 368 g/mol. The van der Waals surface area contributed by atoms with Crippen LogP contribution in [-0.2, 0) is 13.2 Å². The number of amides is 1. The number of hydrogen-bond donors (Lipinski definition) is 1. The number of carbonyl (C=O) groups excluding carboxylic acids is 1. The van der Waals surface area contributed by atoms with Gasteiger partial charge in [0, 0.05) is 0 Å². The van der Waals surface area contributed by atoms with Crippen molar-refractivity contribution in [1.82, 2.24) is 4.98 Å². The molecule has 7 nitrogen and oxygen atoms in total. The van der Waals surface area contributed by atoms with Gasteiger partial charge in [-0.2, -0.15) is 10.5 Å². The van der Waals surface area contributed by atoms with E-state index in [2.05, 4.69) is 11.1 Å². The molecule has 0 atom stereocenters. The molecule has 3 aromatic rings. The maximum absolute atomic E-state index is 11.7. The van der Waals surface area contributed by atoms with Crippen molar-refractivity contribution < 1.29 is 14.3 Å². The van der Waals surface area contributed by atoms with Gasteiger partial charge in [-0.25, -0.2) is 4.98 Å². The summed E-state index contributed by atoms with van der Waals surface area (Å²) < 4.78 is 11.4. The molecule has 0 radical (unpaired) electrons. The van der Waals surface area contributed by atoms with Crippen LogP contribution >= 0.6 is 0 Å². The van der Waals surface area contributed by atoms with Crippen LogP contribution in [0, 0.1) is 22.7 Å². The van der Waals surface area contributed by atoms with E-state index in [4.69, 9.17) is 25.7 Å². The predicted molar refractivity (Wildman–Crippen MR) is 104 cm³/mol. The minimum absolute atomic E-state index is 0.00487. The van der Waals surface area contributed by atoms with Crippen LogP contribution in [0.3, 0.4) is 0 Å². The number of pyridine rings is 1. The zero-order chi connectivity index (χ0) is 20.6. The highest BCUT2D eigenvalue weighted by molar-refractivity contribution is 5.93. The second-order valence-electron chi connectivity index (χ2n) is 6.02. The maximum Gasteiger partial charge on any atom is 0.250 e. The first-order valence-corrected chi connectivity index (χ1v) is 8.63. The molecular formula is C22H16N4O3. The van der Waals surface area contributed by atoms with Crippen LogP contribution in [0.15, 0.2) is 60.7 Å². The minimum Gasteiger partial charge on any atom is -0.487 e. The Bertz CT molecular complexity index is 1130. The molecule has 7 heteroatoms. The fourth-order valence-electron chi connectivity index (χ4n) is 2.58. The van der Waals surface area contributed by atoms with E-state index in [0.717, 1.165) is 0 Å². The van der Waals surface area contributed by atoms with Gasteiger partial charge in [0.05, 0.1) is 40.2 Å². The van der Waals surface area contributed by atoms with Gasteiger partial charge in [0.15, 0.2) is 0 Å². The molecule has 1 aromatic heterocycles. The van der Waals surface area contributed by atoms with Crippen molar-refractivity contribution in [3.8, 4) is 23.6 Å². The average Bonchev–Trinajstić information content (AvgIpc) is 2.76. The highest BCUT2D eigenvalue weighted by Gasteiger charge is 2.12. The van der Waals surface area contributed by atoms with Crippen LogP contribution in [0.25, 0.3) is 0 Å². The lowest BCUT2D eigenvalue weighted by Crippen LogP contribution is -2.17. The van der Waals surface area contributed by atoms with E-state index < -0.39 is 5.91 Å². The van der Waals surface area contributed by atoms with Gasteiger partial charge in [-0.1, -0.05) is 12.1 Å². The zero-order valence-corrected chi connectivity index (χ0v) is 15.3. The van der Waals surface area contributed by atoms with Gasteiger partial charge in [-0.3, -0.25) is 4.79 Å². The second kappa shape index (κ2) is 9.03. The third-order valence-corrected chi connectivity index (χ3v) is 3.99. The number of nitriles is 2. The molecule has 3 rings (SSSR count). The van der Waals surface area contributed by atoms with E-state index in [1.54, 1.807) is 60.7 Å². The molecule has 2 aromatic carbocycles. The molecule has 0 fully saturated rings. The van der Waals surface area contributed by atoms with Crippen molar-refractivity contribution in [2.24, 2.45) is 5.73 Å². The van der Waals surface area contributed by atoms with Crippen molar-refractivity contribution in [2.45, 2.75) is 13.2 Å². The van der Waals surface area contributed by atoms with E-state index in [-0.39, 0.29) is 18.8 Å². The number of aromatic nitrogens is 1. The topological polar surface area (TPSA) is 122 Å². The standard InChI is InChI=1S/C22H16N4O3/c23-11-15-3-1-5-18(9-15)28-13-17-7-8-20(22(25)27)21(26-17)14-29-19-6-2-4-16(10-19)12-24/h1-10H,13-14H2,(H2,25,27). The Balaban J connectivity index is 1.75. The van der Waals surface area contributed by atoms with Gasteiger partial charge in [0.25, 0.3) is 5.91 Å². The van der Waals surface area contributed by atoms with Crippen molar-refractivity contribution in [2.75, 3.05) is 0 Å². The molecule has 0 bridgehead atoms. The van der Waals surface area contributed by atoms with Crippen LogP contribution in [0.4, 0.5) is 0 Å². The van der Waals surface area contributed by atoms with Crippen molar-refractivity contribution in [3.05, 3.63) is 88.7 Å². The number of nitrogens with two attached hydrogens (primary N) is 1. The Morgan fingerprint density at radius 2 is 1.48 bits per heavy atom. The van der Waals surface area contributed by atoms with E-state index >= 15 is 0 Å². The predicted octanol–water partition coefficient (Wildman–Crippen LogP) is 3.08. The molecule has 0 spiro atoms. The summed E-state index contributed by atoms with van der Waals surface area (Å²) in [5, 5.41) is 17.9. The van der Waals surface area contributed by atoms with Crippen LogP contribution in [-0.4, -0.2) is 10.9 Å². The van der Waals surface area contributed by atoms with Crippen molar-refractivity contribution in [1.29, 1.82) is 10.5 Å². The summed E-state index contributed by atoms with van der Waals surface area (Å²) in [6.45, 7) is 0.149. The first-order valence-electron chi connectivity index (χ1n) is 8.63. The third kappa shape index (κ3) is 5.09. The van der Waals surface area contributed by atoms with Gasteiger partial charge in [0.2, 0.25) is 0 Å². The molecule has 2 N–H and O–H groups in total. The van der Waals surface area contributed by atoms with Gasteiger partial charge >= 0.3 is 0 Å². The number of hydrogen-bond acceptors (Lipinski definition) is 6.